The highest BCUT2D eigenvalue weighted by atomic mass is 16.5. The first-order chi connectivity index (χ1) is 11.6. The van der Waals surface area contributed by atoms with Gasteiger partial charge in [0.1, 0.15) is 17.9 Å². The highest BCUT2D eigenvalue weighted by Crippen LogP contribution is 2.28. The van der Waals surface area contributed by atoms with Crippen molar-refractivity contribution in [3.8, 4) is 5.75 Å². The molecule has 1 saturated carbocycles. The first kappa shape index (κ1) is 18.0. The summed E-state index contributed by atoms with van der Waals surface area (Å²) in [6, 6.07) is 7.53. The summed E-state index contributed by atoms with van der Waals surface area (Å²) < 4.78 is 5.42. The van der Waals surface area contributed by atoms with Crippen molar-refractivity contribution in [1.29, 1.82) is 0 Å². The second kappa shape index (κ2) is 8.52. The smallest absolute Gasteiger partial charge is 0.243 e. The number of nitrogens with two attached hydrogens (primary N) is 1. The number of hydrogen-bond acceptors (Lipinski definition) is 3. The summed E-state index contributed by atoms with van der Waals surface area (Å²) in [5.74, 6) is 0.0772. The number of rotatable bonds is 8. The Morgan fingerprint density at radius 1 is 1.21 bits per heavy atom. The molecule has 5 nitrogen and oxygen atoms in total. The molecular formula is C19H25N2O3. The number of carbonyl (C=O) groups is 2. The number of nitrogens with one attached hydrogen (secondary N) is 1. The fraction of sp³-hybridized carbons (Fsp3) is 0.421. The molecule has 1 aromatic carbocycles. The lowest BCUT2D eigenvalue weighted by molar-refractivity contribution is -0.131. The van der Waals surface area contributed by atoms with E-state index >= 15 is 0 Å². The molecule has 3 N–H and O–H groups in total. The Morgan fingerprint density at radius 3 is 2.46 bits per heavy atom. The van der Waals surface area contributed by atoms with Crippen molar-refractivity contribution in [2.45, 2.75) is 44.1 Å². The third kappa shape index (κ3) is 4.85. The average molecular weight is 329 g/mol. The molecule has 2 amide bonds. The summed E-state index contributed by atoms with van der Waals surface area (Å²) >= 11 is 0. The van der Waals surface area contributed by atoms with Gasteiger partial charge in [-0.2, -0.15) is 0 Å². The molecule has 0 spiro atoms. The summed E-state index contributed by atoms with van der Waals surface area (Å²) in [4.78, 5) is 24.0. The molecule has 5 heteroatoms. The third-order valence-electron chi connectivity index (χ3n) is 4.36. The fourth-order valence-corrected chi connectivity index (χ4v) is 2.96. The lowest BCUT2D eigenvalue weighted by atomic mass is 9.81. The van der Waals surface area contributed by atoms with Gasteiger partial charge in [0.2, 0.25) is 11.8 Å². The number of benzene rings is 1. The molecule has 0 aliphatic heterocycles. The normalized spacial score (nSPS) is 16.2. The Bertz CT molecular complexity index is 575. The molecule has 2 rings (SSSR count). The SMILES string of the molecule is C=CCOc1ccc(C[CH]C(=O)NC2(C(N)=O)CCCCC2)cc1. The van der Waals surface area contributed by atoms with Crippen LogP contribution in [0.2, 0.25) is 0 Å². The molecule has 1 fully saturated rings. The first-order valence-electron chi connectivity index (χ1n) is 8.34. The van der Waals surface area contributed by atoms with Crippen LogP contribution in [0.15, 0.2) is 36.9 Å². The highest BCUT2D eigenvalue weighted by Gasteiger charge is 2.38. The van der Waals surface area contributed by atoms with Crippen molar-refractivity contribution >= 4 is 11.8 Å². The van der Waals surface area contributed by atoms with Crippen molar-refractivity contribution in [2.24, 2.45) is 5.73 Å². The van der Waals surface area contributed by atoms with Crippen LogP contribution >= 0.6 is 0 Å². The van der Waals surface area contributed by atoms with Gasteiger partial charge in [-0.25, -0.2) is 0 Å². The second-order valence-electron chi connectivity index (χ2n) is 6.15. The summed E-state index contributed by atoms with van der Waals surface area (Å²) in [5, 5.41) is 2.84. The molecule has 0 atom stereocenters. The fourth-order valence-electron chi connectivity index (χ4n) is 2.96. The third-order valence-corrected chi connectivity index (χ3v) is 4.36. The van der Waals surface area contributed by atoms with E-state index in [1.807, 2.05) is 24.3 Å². The molecule has 0 aromatic heterocycles. The van der Waals surface area contributed by atoms with Crippen molar-refractivity contribution in [3.05, 3.63) is 48.9 Å². The first-order valence-corrected chi connectivity index (χ1v) is 8.34. The zero-order valence-corrected chi connectivity index (χ0v) is 13.9. The number of primary amides is 1. The van der Waals surface area contributed by atoms with Gasteiger partial charge in [0.25, 0.3) is 0 Å². The summed E-state index contributed by atoms with van der Waals surface area (Å²) in [6.45, 7) is 4.06. The van der Waals surface area contributed by atoms with Crippen LogP contribution in [0.25, 0.3) is 0 Å². The minimum absolute atomic E-state index is 0.248. The monoisotopic (exact) mass is 329 g/mol. The van der Waals surface area contributed by atoms with E-state index in [2.05, 4.69) is 11.9 Å². The Labute approximate surface area is 143 Å². The van der Waals surface area contributed by atoms with E-state index in [1.165, 1.54) is 0 Å². The van der Waals surface area contributed by atoms with Gasteiger partial charge < -0.3 is 15.8 Å². The molecule has 0 unspecified atom stereocenters. The standard InChI is InChI=1S/C19H25N2O3/c1-2-14-24-16-9-6-15(7-10-16)8-11-17(22)21-19(18(20)23)12-4-3-5-13-19/h2,6-7,9-11H,1,3-5,8,12-14H2,(H2,20,23)(H,21,22). The van der Waals surface area contributed by atoms with Gasteiger partial charge in [-0.05, 0) is 37.0 Å². The van der Waals surface area contributed by atoms with Gasteiger partial charge in [-0.3, -0.25) is 9.59 Å². The van der Waals surface area contributed by atoms with E-state index in [4.69, 9.17) is 10.5 Å². The number of hydrogen-bond donors (Lipinski definition) is 2. The molecule has 1 aliphatic rings. The average Bonchev–Trinajstić information content (AvgIpc) is 2.59. The number of carbonyl (C=O) groups excluding carboxylic acids is 2. The van der Waals surface area contributed by atoms with Crippen LogP contribution in [-0.4, -0.2) is 24.0 Å². The maximum Gasteiger partial charge on any atom is 0.243 e. The molecule has 0 heterocycles. The van der Waals surface area contributed by atoms with Crippen LogP contribution in [0.5, 0.6) is 5.75 Å². The molecule has 1 aromatic rings. The van der Waals surface area contributed by atoms with Crippen LogP contribution in [0, 0.1) is 6.42 Å². The molecule has 0 bridgehead atoms. The van der Waals surface area contributed by atoms with Gasteiger partial charge in [0, 0.05) is 0 Å². The molecular weight excluding hydrogens is 304 g/mol. The Balaban J connectivity index is 1.85. The van der Waals surface area contributed by atoms with E-state index in [1.54, 1.807) is 12.5 Å². The van der Waals surface area contributed by atoms with Gasteiger partial charge in [-0.15, -0.1) is 0 Å². The van der Waals surface area contributed by atoms with Crippen molar-refractivity contribution < 1.29 is 14.3 Å². The van der Waals surface area contributed by atoms with Gasteiger partial charge in [0.05, 0.1) is 6.42 Å². The minimum atomic E-state index is -0.881. The molecule has 1 aliphatic carbocycles. The number of ether oxygens (including phenoxy) is 1. The second-order valence-corrected chi connectivity index (χ2v) is 6.15. The Morgan fingerprint density at radius 2 is 1.88 bits per heavy atom. The van der Waals surface area contributed by atoms with Crippen LogP contribution in [0.3, 0.4) is 0 Å². The predicted molar refractivity (Wildman–Crippen MR) is 93.3 cm³/mol. The maximum absolute atomic E-state index is 12.2. The van der Waals surface area contributed by atoms with E-state index in [9.17, 15) is 9.59 Å². The van der Waals surface area contributed by atoms with Crippen LogP contribution < -0.4 is 15.8 Å². The van der Waals surface area contributed by atoms with Gasteiger partial charge in [0.15, 0.2) is 0 Å². The van der Waals surface area contributed by atoms with Crippen molar-refractivity contribution in [2.75, 3.05) is 6.61 Å². The quantitative estimate of drug-likeness (QED) is 0.718. The maximum atomic E-state index is 12.2. The lowest BCUT2D eigenvalue weighted by Crippen LogP contribution is -2.58. The number of amides is 2. The topological polar surface area (TPSA) is 81.4 Å². The molecule has 0 saturated heterocycles. The zero-order valence-electron chi connectivity index (χ0n) is 13.9. The van der Waals surface area contributed by atoms with Gasteiger partial charge >= 0.3 is 0 Å². The molecule has 1 radical (unpaired) electrons. The Kier molecular flexibility index (Phi) is 6.41. The van der Waals surface area contributed by atoms with Crippen molar-refractivity contribution in [3.63, 3.8) is 0 Å². The van der Waals surface area contributed by atoms with Crippen LogP contribution in [0.1, 0.15) is 37.7 Å². The molecule has 24 heavy (non-hydrogen) atoms. The van der Waals surface area contributed by atoms with E-state index < -0.39 is 11.4 Å². The largest absolute Gasteiger partial charge is 0.490 e. The van der Waals surface area contributed by atoms with E-state index in [-0.39, 0.29) is 5.91 Å². The highest BCUT2D eigenvalue weighted by molar-refractivity contribution is 5.93. The van der Waals surface area contributed by atoms with Crippen LogP contribution in [0.4, 0.5) is 0 Å². The summed E-state index contributed by atoms with van der Waals surface area (Å²) in [5.41, 5.74) is 5.64. The minimum Gasteiger partial charge on any atom is -0.490 e. The molecule has 129 valence electrons. The van der Waals surface area contributed by atoms with E-state index in [0.717, 1.165) is 30.6 Å². The Hall–Kier alpha value is -2.30. The predicted octanol–water partition coefficient (Wildman–Crippen LogP) is 2.30. The van der Waals surface area contributed by atoms with Crippen LogP contribution in [-0.2, 0) is 16.0 Å². The zero-order chi connectivity index (χ0) is 17.4. The van der Waals surface area contributed by atoms with Crippen molar-refractivity contribution in [1.82, 2.24) is 5.32 Å². The lowest BCUT2D eigenvalue weighted by Gasteiger charge is -2.35. The van der Waals surface area contributed by atoms with Gasteiger partial charge in [-0.1, -0.05) is 44.1 Å². The summed E-state index contributed by atoms with van der Waals surface area (Å²) in [6.07, 6.45) is 7.88. The van der Waals surface area contributed by atoms with E-state index in [0.29, 0.717) is 25.9 Å². The summed E-state index contributed by atoms with van der Waals surface area (Å²) in [7, 11) is 0.